The van der Waals surface area contributed by atoms with Gasteiger partial charge in [0.05, 0.1) is 30.8 Å². The van der Waals surface area contributed by atoms with Gasteiger partial charge in [0.25, 0.3) is 0 Å². The fourth-order valence-electron chi connectivity index (χ4n) is 13.3. The van der Waals surface area contributed by atoms with Gasteiger partial charge in [-0.1, -0.05) is 53.2 Å². The van der Waals surface area contributed by atoms with Crippen LogP contribution in [0, 0.1) is 50.2 Å². The van der Waals surface area contributed by atoms with E-state index in [1.807, 2.05) is 0 Å². The maximum absolute atomic E-state index is 13.0. The first-order valence-electron chi connectivity index (χ1n) is 20.2. The number of aliphatic hydroxyl groups is 6. The Labute approximate surface area is 314 Å². The highest BCUT2D eigenvalue weighted by Gasteiger charge is 2.70. The molecular weight excluding hydrogens is 684 g/mol. The van der Waals surface area contributed by atoms with E-state index in [9.17, 15) is 40.5 Å². The summed E-state index contributed by atoms with van der Waals surface area (Å²) in [4.78, 5) is 13.0. The first kappa shape index (κ1) is 40.0. The molecule has 12 heteroatoms. The van der Waals surface area contributed by atoms with Gasteiger partial charge in [0.1, 0.15) is 36.6 Å². The normalized spacial score (nSPS) is 55.1. The molecule has 5 aliphatic carbocycles. The van der Waals surface area contributed by atoms with Gasteiger partial charge in [0.15, 0.2) is 12.6 Å². The number of aliphatic carboxylic acids is 1. The summed E-state index contributed by atoms with van der Waals surface area (Å²) in [5.74, 6) is -0.194. The van der Waals surface area contributed by atoms with Crippen molar-refractivity contribution < 1.29 is 59.5 Å². The molecule has 7 rings (SSSR count). The van der Waals surface area contributed by atoms with Crippen LogP contribution >= 0.6 is 0 Å². The second-order valence-electron chi connectivity index (χ2n) is 20.0. The minimum atomic E-state index is -1.62. The maximum atomic E-state index is 13.0. The van der Waals surface area contributed by atoms with E-state index in [0.29, 0.717) is 18.8 Å². The van der Waals surface area contributed by atoms with Gasteiger partial charge in [0.2, 0.25) is 0 Å². The molecular formula is C41H66O12. The number of allylic oxidation sites excluding steroid dienone is 2. The molecule has 4 saturated carbocycles. The molecule has 7 aliphatic rings. The summed E-state index contributed by atoms with van der Waals surface area (Å²) < 4.78 is 24.3. The second-order valence-corrected chi connectivity index (χ2v) is 20.0. The lowest BCUT2D eigenvalue weighted by Gasteiger charge is -2.71. The molecule has 4 unspecified atom stereocenters. The minimum Gasteiger partial charge on any atom is -0.481 e. The standard InChI is InChI=1S/C41H66O12/c1-21-28(44)30(46)31(47)33(51-21)53-32-29(45)24(43)19-50-34(32)52-27-11-12-37(4)25(38(27,5)20-42)10-13-40(7)26(37)9-8-22-23-18-36(2,3)14-16-41(23,35(48)49)17-15-39(22,40)6/h8,21,23-34,42-47H,9-20H2,1-7H3,(H,48,49)/t21-,23?,24+,25?,26?,27-,28+,29-,30+,31+,32+,33-,34-,37-,38-,39?,40+,41-/m0/s1. The van der Waals surface area contributed by atoms with Crippen molar-refractivity contribution >= 4 is 5.97 Å². The Balaban J connectivity index is 1.15. The number of carboxylic acid groups (broad SMARTS) is 1. The fourth-order valence-corrected chi connectivity index (χ4v) is 13.3. The van der Waals surface area contributed by atoms with Crippen LogP contribution < -0.4 is 0 Å². The van der Waals surface area contributed by atoms with Crippen LogP contribution in [-0.2, 0) is 23.7 Å². The van der Waals surface area contributed by atoms with Gasteiger partial charge in [-0.15, -0.1) is 0 Å². The smallest absolute Gasteiger partial charge is 0.310 e. The van der Waals surface area contributed by atoms with E-state index in [1.54, 1.807) is 0 Å². The minimum absolute atomic E-state index is 0.0360. The quantitative estimate of drug-likeness (QED) is 0.155. The summed E-state index contributed by atoms with van der Waals surface area (Å²) in [5, 5.41) is 74.9. The molecule has 2 saturated heterocycles. The van der Waals surface area contributed by atoms with Crippen LogP contribution in [0.3, 0.4) is 0 Å². The molecule has 18 atom stereocenters. The van der Waals surface area contributed by atoms with E-state index >= 15 is 0 Å². The summed E-state index contributed by atoms with van der Waals surface area (Å²) in [6, 6.07) is 0. The monoisotopic (exact) mass is 750 g/mol. The van der Waals surface area contributed by atoms with Gasteiger partial charge >= 0.3 is 5.97 Å². The van der Waals surface area contributed by atoms with E-state index in [-0.39, 0.29) is 46.7 Å². The average molecular weight is 751 g/mol. The van der Waals surface area contributed by atoms with Crippen LogP contribution in [0.4, 0.5) is 0 Å². The fraction of sp³-hybridized carbons (Fsp3) is 0.927. The van der Waals surface area contributed by atoms with Crippen LogP contribution in [0.15, 0.2) is 11.6 Å². The van der Waals surface area contributed by atoms with Crippen molar-refractivity contribution in [1.82, 2.24) is 0 Å². The van der Waals surface area contributed by atoms with E-state index in [1.165, 1.54) is 12.5 Å². The Morgan fingerprint density at radius 2 is 1.53 bits per heavy atom. The largest absolute Gasteiger partial charge is 0.481 e. The number of rotatable bonds is 6. The molecule has 0 aromatic rings. The lowest BCUT2D eigenvalue weighted by atomic mass is 9.33. The Bertz CT molecular complexity index is 1440. The number of fused-ring (bicyclic) bond motifs is 7. The summed E-state index contributed by atoms with van der Waals surface area (Å²) >= 11 is 0. The van der Waals surface area contributed by atoms with Crippen LogP contribution in [0.5, 0.6) is 0 Å². The first-order valence-corrected chi connectivity index (χ1v) is 20.2. The third kappa shape index (κ3) is 5.85. The molecule has 302 valence electrons. The Morgan fingerprint density at radius 1 is 0.830 bits per heavy atom. The van der Waals surface area contributed by atoms with Gasteiger partial charge in [-0.3, -0.25) is 4.79 Å². The summed E-state index contributed by atoms with van der Waals surface area (Å²) in [5.41, 5.74) is -0.239. The predicted octanol–water partition coefficient (Wildman–Crippen LogP) is 3.52. The van der Waals surface area contributed by atoms with Crippen LogP contribution in [0.1, 0.15) is 113 Å². The molecule has 12 nitrogen and oxygen atoms in total. The molecule has 0 aromatic heterocycles. The topological polar surface area (TPSA) is 196 Å². The van der Waals surface area contributed by atoms with Gasteiger partial charge < -0.3 is 54.7 Å². The molecule has 0 bridgehead atoms. The van der Waals surface area contributed by atoms with Crippen molar-refractivity contribution in [1.29, 1.82) is 0 Å². The molecule has 53 heavy (non-hydrogen) atoms. The number of hydrogen-bond acceptors (Lipinski definition) is 11. The van der Waals surface area contributed by atoms with Gasteiger partial charge in [-0.05, 0) is 111 Å². The lowest BCUT2D eigenvalue weighted by Crippen LogP contribution is -2.67. The van der Waals surface area contributed by atoms with Crippen molar-refractivity contribution in [2.45, 2.75) is 174 Å². The number of carboxylic acids is 1. The Kier molecular flexibility index (Phi) is 10.2. The summed E-state index contributed by atoms with van der Waals surface area (Å²) in [7, 11) is 0. The van der Waals surface area contributed by atoms with Crippen LogP contribution in [0.25, 0.3) is 0 Å². The van der Waals surface area contributed by atoms with E-state index < -0.39 is 78.2 Å². The zero-order valence-electron chi connectivity index (χ0n) is 32.7. The number of carbonyl (C=O) groups is 1. The first-order chi connectivity index (χ1) is 24.7. The highest BCUT2D eigenvalue weighted by atomic mass is 16.8. The summed E-state index contributed by atoms with van der Waals surface area (Å²) in [6.45, 7) is 15.1. The van der Waals surface area contributed by atoms with E-state index in [2.05, 4.69) is 47.6 Å². The van der Waals surface area contributed by atoms with E-state index in [0.717, 1.165) is 51.4 Å². The van der Waals surface area contributed by atoms with Crippen molar-refractivity contribution in [2.75, 3.05) is 13.2 Å². The molecule has 7 N–H and O–H groups in total. The Morgan fingerprint density at radius 3 is 2.21 bits per heavy atom. The highest BCUT2D eigenvalue weighted by Crippen LogP contribution is 2.76. The maximum Gasteiger partial charge on any atom is 0.310 e. The second kappa shape index (κ2) is 13.5. The number of hydrogen-bond donors (Lipinski definition) is 7. The third-order valence-electron chi connectivity index (χ3n) is 17.0. The predicted molar refractivity (Wildman–Crippen MR) is 192 cm³/mol. The molecule has 6 fully saturated rings. The van der Waals surface area contributed by atoms with Crippen molar-refractivity contribution in [3.8, 4) is 0 Å². The molecule has 0 radical (unpaired) electrons. The Hall–Kier alpha value is -1.19. The highest BCUT2D eigenvalue weighted by molar-refractivity contribution is 5.76. The van der Waals surface area contributed by atoms with Gasteiger partial charge in [0, 0.05) is 5.41 Å². The lowest BCUT2D eigenvalue weighted by molar-refractivity contribution is -0.365. The van der Waals surface area contributed by atoms with Crippen LogP contribution in [-0.4, -0.2) is 116 Å². The van der Waals surface area contributed by atoms with Crippen molar-refractivity contribution in [3.05, 3.63) is 11.6 Å². The molecule has 0 aromatic carbocycles. The molecule has 0 spiro atoms. The average Bonchev–Trinajstić information content (AvgIpc) is 3.10. The van der Waals surface area contributed by atoms with Gasteiger partial charge in [-0.2, -0.15) is 0 Å². The number of aliphatic hydroxyl groups excluding tert-OH is 6. The van der Waals surface area contributed by atoms with Crippen molar-refractivity contribution in [2.24, 2.45) is 50.2 Å². The molecule has 2 aliphatic heterocycles. The van der Waals surface area contributed by atoms with Crippen molar-refractivity contribution in [3.63, 3.8) is 0 Å². The molecule has 0 amide bonds. The molecule has 2 heterocycles. The zero-order valence-corrected chi connectivity index (χ0v) is 32.7. The number of ether oxygens (including phenoxy) is 4. The third-order valence-corrected chi connectivity index (χ3v) is 17.0. The van der Waals surface area contributed by atoms with Gasteiger partial charge in [-0.25, -0.2) is 0 Å². The SMILES string of the molecule is C[C@@H]1O[C@@H](O[C@H]2[C@H](O[C@H]3CC[C@@]4(C)C(CC[C@]5(C)C4CC=C4C6CC(C)(C)CC[C@]6(C(=O)O)CCC45C)[C@]3(C)CO)OC[C@@H](O)[C@@H]2O)[C@H](O)[C@H](O)[C@@H]1O. The van der Waals surface area contributed by atoms with E-state index in [4.69, 9.17) is 18.9 Å². The van der Waals surface area contributed by atoms with Crippen LogP contribution in [0.2, 0.25) is 0 Å². The zero-order chi connectivity index (χ0) is 38.7. The summed E-state index contributed by atoms with van der Waals surface area (Å²) in [6.07, 6.45) is -1.79.